The quantitative estimate of drug-likeness (QED) is 0.785. The highest BCUT2D eigenvalue weighted by Crippen LogP contribution is 2.26. The smallest absolute Gasteiger partial charge is 0.374 e. The van der Waals surface area contributed by atoms with E-state index in [-0.39, 0.29) is 11.9 Å². The van der Waals surface area contributed by atoms with Crippen molar-refractivity contribution in [1.82, 2.24) is 0 Å². The molecule has 0 N–H and O–H groups in total. The third kappa shape index (κ3) is 2.38. The number of fused-ring (bicyclic) bond motifs is 2. The van der Waals surface area contributed by atoms with E-state index in [4.69, 9.17) is 21.1 Å². The normalized spacial score (nSPS) is 19.4. The molecule has 21 heavy (non-hydrogen) atoms. The van der Waals surface area contributed by atoms with E-state index in [1.165, 1.54) is 0 Å². The molecule has 1 aromatic carbocycles. The van der Waals surface area contributed by atoms with Gasteiger partial charge in [-0.15, -0.1) is 0 Å². The summed E-state index contributed by atoms with van der Waals surface area (Å²) in [5, 5.41) is 2.22. The molecule has 0 aromatic heterocycles. The van der Waals surface area contributed by atoms with Gasteiger partial charge in [0.15, 0.2) is 0 Å². The van der Waals surface area contributed by atoms with Crippen molar-refractivity contribution in [2.24, 2.45) is 0 Å². The predicted octanol–water partition coefficient (Wildman–Crippen LogP) is 2.08. The number of esters is 1. The molecule has 1 aliphatic carbocycles. The van der Waals surface area contributed by atoms with Crippen molar-refractivity contribution in [1.29, 1.82) is 0 Å². The van der Waals surface area contributed by atoms with Crippen LogP contribution in [0, 0.1) is 0 Å². The van der Waals surface area contributed by atoms with Crippen molar-refractivity contribution in [3.63, 3.8) is 0 Å². The van der Waals surface area contributed by atoms with Gasteiger partial charge in [-0.1, -0.05) is 29.8 Å². The van der Waals surface area contributed by atoms with Crippen LogP contribution in [0.4, 0.5) is 0 Å². The van der Waals surface area contributed by atoms with Gasteiger partial charge in [0, 0.05) is 15.8 Å². The highest BCUT2D eigenvalue weighted by Gasteiger charge is 2.28. The maximum atomic E-state index is 12.2. The number of hydrogen-bond donors (Lipinski definition) is 0. The SMILES string of the molecule is CCOC(=O)C1=c2cc(Cl)ccc2=C2C(C)=CC=CC2O1. The predicted molar refractivity (Wildman–Crippen MR) is 81.9 cm³/mol. The van der Waals surface area contributed by atoms with Gasteiger partial charge in [0.2, 0.25) is 5.76 Å². The maximum absolute atomic E-state index is 12.2. The number of hydrogen-bond acceptors (Lipinski definition) is 3. The molecule has 0 radical (unpaired) electrons. The van der Waals surface area contributed by atoms with E-state index in [2.05, 4.69) is 0 Å². The van der Waals surface area contributed by atoms with Crippen LogP contribution in [-0.4, -0.2) is 18.7 Å². The van der Waals surface area contributed by atoms with Gasteiger partial charge >= 0.3 is 5.97 Å². The van der Waals surface area contributed by atoms with Gasteiger partial charge < -0.3 is 9.47 Å². The zero-order valence-corrected chi connectivity index (χ0v) is 12.6. The fourth-order valence-corrected chi connectivity index (χ4v) is 2.83. The van der Waals surface area contributed by atoms with E-state index in [1.54, 1.807) is 13.0 Å². The molecule has 0 saturated carbocycles. The van der Waals surface area contributed by atoms with Crippen LogP contribution in [0.5, 0.6) is 0 Å². The second kappa shape index (κ2) is 5.41. The fourth-order valence-electron chi connectivity index (χ4n) is 2.66. The number of ether oxygens (including phenoxy) is 2. The molecule has 4 heteroatoms. The Morgan fingerprint density at radius 1 is 1.38 bits per heavy atom. The summed E-state index contributed by atoms with van der Waals surface area (Å²) in [7, 11) is 0. The van der Waals surface area contributed by atoms with E-state index in [0.717, 1.165) is 16.4 Å². The van der Waals surface area contributed by atoms with Crippen molar-refractivity contribution in [3.8, 4) is 0 Å². The first-order valence-corrected chi connectivity index (χ1v) is 7.23. The van der Waals surface area contributed by atoms with Gasteiger partial charge in [-0.05, 0) is 42.8 Å². The van der Waals surface area contributed by atoms with Crippen LogP contribution in [0.1, 0.15) is 13.8 Å². The van der Waals surface area contributed by atoms with Crippen LogP contribution in [0.15, 0.2) is 42.0 Å². The van der Waals surface area contributed by atoms with Crippen LogP contribution in [0.2, 0.25) is 5.02 Å². The van der Waals surface area contributed by atoms with Crippen molar-refractivity contribution >= 4 is 28.9 Å². The van der Waals surface area contributed by atoms with Crippen LogP contribution in [0.3, 0.4) is 0 Å². The van der Waals surface area contributed by atoms with Crippen LogP contribution >= 0.6 is 11.6 Å². The lowest BCUT2D eigenvalue weighted by Gasteiger charge is -2.27. The number of halogens is 1. The van der Waals surface area contributed by atoms with Crippen LogP contribution in [-0.2, 0) is 14.3 Å². The molecule has 1 unspecified atom stereocenters. The molecule has 0 bridgehead atoms. The van der Waals surface area contributed by atoms with Crippen LogP contribution < -0.4 is 10.4 Å². The molecule has 1 aromatic rings. The molecule has 108 valence electrons. The van der Waals surface area contributed by atoms with Gasteiger partial charge in [-0.25, -0.2) is 4.79 Å². The average molecular weight is 303 g/mol. The lowest BCUT2D eigenvalue weighted by atomic mass is 9.92. The zero-order chi connectivity index (χ0) is 15.0. The molecule has 0 spiro atoms. The van der Waals surface area contributed by atoms with E-state index < -0.39 is 5.97 Å². The Kier molecular flexibility index (Phi) is 3.60. The highest BCUT2D eigenvalue weighted by molar-refractivity contribution is 6.30. The van der Waals surface area contributed by atoms with Crippen molar-refractivity contribution in [2.45, 2.75) is 20.0 Å². The van der Waals surface area contributed by atoms with Crippen molar-refractivity contribution < 1.29 is 14.3 Å². The monoisotopic (exact) mass is 302 g/mol. The molecular formula is C17H15ClO3. The number of allylic oxidation sites excluding steroid dienone is 2. The maximum Gasteiger partial charge on any atom is 0.374 e. The van der Waals surface area contributed by atoms with Crippen molar-refractivity contribution in [3.05, 3.63) is 57.5 Å². The lowest BCUT2D eigenvalue weighted by molar-refractivity contribution is -0.138. The Labute approximate surface area is 127 Å². The van der Waals surface area contributed by atoms with E-state index >= 15 is 0 Å². The minimum atomic E-state index is -0.458. The van der Waals surface area contributed by atoms with E-state index in [9.17, 15) is 4.79 Å². The van der Waals surface area contributed by atoms with Gasteiger partial charge in [0.25, 0.3) is 0 Å². The van der Waals surface area contributed by atoms with Gasteiger partial charge in [-0.2, -0.15) is 0 Å². The number of rotatable bonds is 2. The second-order valence-corrected chi connectivity index (χ2v) is 5.36. The summed E-state index contributed by atoms with van der Waals surface area (Å²) in [6, 6.07) is 5.50. The third-order valence-electron chi connectivity index (χ3n) is 3.56. The average Bonchev–Trinajstić information content (AvgIpc) is 2.46. The Hall–Kier alpha value is -2.00. The molecule has 1 heterocycles. The highest BCUT2D eigenvalue weighted by atomic mass is 35.5. The zero-order valence-electron chi connectivity index (χ0n) is 11.9. The Balaban J connectivity index is 2.35. The van der Waals surface area contributed by atoms with Crippen LogP contribution in [0.25, 0.3) is 11.3 Å². The Morgan fingerprint density at radius 3 is 2.95 bits per heavy atom. The molecule has 1 atom stereocenters. The molecule has 0 saturated heterocycles. The molecular weight excluding hydrogens is 288 g/mol. The minimum absolute atomic E-state index is 0.224. The Bertz CT molecular complexity index is 787. The molecule has 3 nitrogen and oxygen atoms in total. The number of carbonyl (C=O) groups excluding carboxylic acids is 1. The van der Waals surface area contributed by atoms with Gasteiger partial charge in [0.05, 0.1) is 6.61 Å². The standard InChI is InChI=1S/C17H15ClO3/c1-3-20-17(19)16-13-9-11(18)7-8-12(13)15-10(2)5-4-6-14(15)21-16/h4-9,14H,3H2,1-2H3. The molecule has 2 aliphatic rings. The summed E-state index contributed by atoms with van der Waals surface area (Å²) in [5.74, 6) is -0.233. The summed E-state index contributed by atoms with van der Waals surface area (Å²) in [4.78, 5) is 12.2. The Morgan fingerprint density at radius 2 is 2.19 bits per heavy atom. The molecule has 0 fully saturated rings. The topological polar surface area (TPSA) is 35.5 Å². The fraction of sp³-hybridized carbons (Fsp3) is 0.235. The number of carbonyl (C=O) groups is 1. The van der Waals surface area contributed by atoms with Gasteiger partial charge in [-0.3, -0.25) is 0 Å². The minimum Gasteiger partial charge on any atom is -0.474 e. The van der Waals surface area contributed by atoms with Gasteiger partial charge in [0.1, 0.15) is 6.10 Å². The first-order valence-electron chi connectivity index (χ1n) is 6.85. The van der Waals surface area contributed by atoms with E-state index in [0.29, 0.717) is 16.8 Å². The van der Waals surface area contributed by atoms with E-state index in [1.807, 2.05) is 37.3 Å². The number of benzene rings is 1. The van der Waals surface area contributed by atoms with Crippen molar-refractivity contribution in [2.75, 3.05) is 6.61 Å². The second-order valence-electron chi connectivity index (χ2n) is 4.93. The molecule has 3 rings (SSSR count). The summed E-state index contributed by atoms with van der Waals surface area (Å²) >= 11 is 6.08. The lowest BCUT2D eigenvalue weighted by Crippen LogP contribution is -2.41. The molecule has 0 amide bonds. The molecule has 1 aliphatic heterocycles. The first-order chi connectivity index (χ1) is 10.1. The first kappa shape index (κ1) is 14.0. The summed E-state index contributed by atoms with van der Waals surface area (Å²) in [6.45, 7) is 4.10. The summed E-state index contributed by atoms with van der Waals surface area (Å²) < 4.78 is 11.0. The third-order valence-corrected chi connectivity index (χ3v) is 3.80. The summed E-state index contributed by atoms with van der Waals surface area (Å²) in [5.41, 5.74) is 2.19. The largest absolute Gasteiger partial charge is 0.474 e. The summed E-state index contributed by atoms with van der Waals surface area (Å²) in [6.07, 6.45) is 5.64.